The van der Waals surface area contributed by atoms with Crippen molar-refractivity contribution in [1.29, 1.82) is 0 Å². The molecule has 1 saturated heterocycles. The largest absolute Gasteiger partial charge is 0.508 e. The molecule has 1 heterocycles. The predicted molar refractivity (Wildman–Crippen MR) is 103 cm³/mol. The standard InChI is InChI=1S/C21H24O9/c22-10-17-18(26)19(27)20(28)21(30-17)29-13-5-1-11(2-6-13)3-8-15(24)14-7-4-12(23)9-16(14)25/h1-2,4-7,9,17-23,25-28H,3,8,10H2/t17-,18-,19+,20-,21+/m1/s1. The molecule has 2 aromatic carbocycles. The Hall–Kier alpha value is -2.69. The van der Waals surface area contributed by atoms with Crippen LogP contribution in [0, 0.1) is 0 Å². The van der Waals surface area contributed by atoms with E-state index in [1.54, 1.807) is 24.3 Å². The van der Waals surface area contributed by atoms with Gasteiger partial charge in [0.1, 0.15) is 41.7 Å². The number of phenolic OH excluding ortho intramolecular Hbond substituents is 2. The van der Waals surface area contributed by atoms with Gasteiger partial charge in [-0.1, -0.05) is 12.1 Å². The summed E-state index contributed by atoms with van der Waals surface area (Å²) in [5.41, 5.74) is 0.957. The number of ether oxygens (including phenoxy) is 2. The number of carbonyl (C=O) groups excluding carboxylic acids is 1. The van der Waals surface area contributed by atoms with Gasteiger partial charge in [-0.05, 0) is 36.2 Å². The molecule has 0 unspecified atom stereocenters. The first-order valence-corrected chi connectivity index (χ1v) is 9.41. The van der Waals surface area contributed by atoms with E-state index in [1.165, 1.54) is 12.1 Å². The Morgan fingerprint density at radius 3 is 2.30 bits per heavy atom. The highest BCUT2D eigenvalue weighted by Crippen LogP contribution is 2.26. The average molecular weight is 420 g/mol. The van der Waals surface area contributed by atoms with Crippen molar-refractivity contribution in [2.45, 2.75) is 43.5 Å². The number of hydrogen-bond acceptors (Lipinski definition) is 9. The number of Topliss-reactive ketones (excluding diaryl/α,β-unsaturated/α-hetero) is 1. The molecule has 1 aliphatic rings. The molecule has 0 aliphatic carbocycles. The van der Waals surface area contributed by atoms with Crippen molar-refractivity contribution >= 4 is 5.78 Å². The first-order valence-electron chi connectivity index (χ1n) is 9.41. The third-order valence-corrected chi connectivity index (χ3v) is 4.95. The summed E-state index contributed by atoms with van der Waals surface area (Å²) in [6.07, 6.45) is -6.27. The van der Waals surface area contributed by atoms with Crippen LogP contribution >= 0.6 is 0 Å². The van der Waals surface area contributed by atoms with Crippen LogP contribution in [0.2, 0.25) is 0 Å². The molecule has 0 radical (unpaired) electrons. The Kier molecular flexibility index (Phi) is 6.91. The number of aryl methyl sites for hydroxylation is 1. The topological polar surface area (TPSA) is 157 Å². The fourth-order valence-corrected chi connectivity index (χ4v) is 3.18. The minimum atomic E-state index is -1.53. The number of benzene rings is 2. The summed E-state index contributed by atoms with van der Waals surface area (Å²) >= 11 is 0. The summed E-state index contributed by atoms with van der Waals surface area (Å²) in [6, 6.07) is 10.4. The number of aliphatic hydroxyl groups excluding tert-OH is 4. The van der Waals surface area contributed by atoms with E-state index < -0.39 is 37.3 Å². The second-order valence-electron chi connectivity index (χ2n) is 7.08. The molecule has 0 spiro atoms. The molecule has 9 nitrogen and oxygen atoms in total. The van der Waals surface area contributed by atoms with Crippen molar-refractivity contribution in [3.05, 3.63) is 53.6 Å². The SMILES string of the molecule is O=C(CCc1ccc(O[C@H]2O[C@H](CO)[C@@H](O)[C@H](O)[C@H]2O)cc1)c1ccc(O)cc1O. The van der Waals surface area contributed by atoms with E-state index in [1.807, 2.05) is 0 Å². The van der Waals surface area contributed by atoms with Gasteiger partial charge in [0.05, 0.1) is 12.2 Å². The van der Waals surface area contributed by atoms with Crippen molar-refractivity contribution in [3.63, 3.8) is 0 Å². The van der Waals surface area contributed by atoms with Gasteiger partial charge < -0.3 is 40.1 Å². The molecule has 1 aliphatic heterocycles. The number of ketones is 1. The normalized spacial score (nSPS) is 26.3. The Morgan fingerprint density at radius 1 is 0.967 bits per heavy atom. The number of rotatable bonds is 7. The zero-order valence-electron chi connectivity index (χ0n) is 16.0. The highest BCUT2D eigenvalue weighted by atomic mass is 16.7. The molecular weight excluding hydrogens is 396 g/mol. The van der Waals surface area contributed by atoms with Crippen LogP contribution in [-0.4, -0.2) is 73.7 Å². The molecule has 0 amide bonds. The van der Waals surface area contributed by atoms with E-state index in [4.69, 9.17) is 9.47 Å². The molecule has 1 fully saturated rings. The van der Waals surface area contributed by atoms with Gasteiger partial charge in [-0.15, -0.1) is 0 Å². The lowest BCUT2D eigenvalue weighted by atomic mass is 9.99. The van der Waals surface area contributed by atoms with Crippen LogP contribution in [0.3, 0.4) is 0 Å². The summed E-state index contributed by atoms with van der Waals surface area (Å²) in [7, 11) is 0. The quantitative estimate of drug-likeness (QED) is 0.342. The van der Waals surface area contributed by atoms with Crippen LogP contribution < -0.4 is 4.74 Å². The number of carbonyl (C=O) groups is 1. The Balaban J connectivity index is 1.58. The molecule has 162 valence electrons. The van der Waals surface area contributed by atoms with Gasteiger partial charge in [-0.2, -0.15) is 0 Å². The molecule has 3 rings (SSSR count). The summed E-state index contributed by atoms with van der Waals surface area (Å²) in [5.74, 6) is -0.345. The maximum Gasteiger partial charge on any atom is 0.229 e. The van der Waals surface area contributed by atoms with E-state index in [2.05, 4.69) is 0 Å². The van der Waals surface area contributed by atoms with Crippen molar-refractivity contribution in [2.24, 2.45) is 0 Å². The third-order valence-electron chi connectivity index (χ3n) is 4.95. The van der Waals surface area contributed by atoms with Crippen LogP contribution in [0.1, 0.15) is 22.3 Å². The summed E-state index contributed by atoms with van der Waals surface area (Å²) in [5, 5.41) is 57.9. The Labute approximate surface area is 172 Å². The molecule has 0 aromatic heterocycles. The molecule has 5 atom stereocenters. The van der Waals surface area contributed by atoms with Crippen molar-refractivity contribution < 1.29 is 44.9 Å². The molecular formula is C21H24O9. The summed E-state index contributed by atoms with van der Waals surface area (Å²) in [6.45, 7) is -0.547. The van der Waals surface area contributed by atoms with Gasteiger partial charge in [0.25, 0.3) is 0 Å². The van der Waals surface area contributed by atoms with Crippen molar-refractivity contribution in [1.82, 2.24) is 0 Å². The maximum absolute atomic E-state index is 12.3. The van der Waals surface area contributed by atoms with Crippen LogP contribution in [-0.2, 0) is 11.2 Å². The monoisotopic (exact) mass is 420 g/mol. The molecule has 0 saturated carbocycles. The van der Waals surface area contributed by atoms with E-state index >= 15 is 0 Å². The smallest absolute Gasteiger partial charge is 0.229 e. The molecule has 6 N–H and O–H groups in total. The van der Waals surface area contributed by atoms with Gasteiger partial charge in [-0.25, -0.2) is 0 Å². The van der Waals surface area contributed by atoms with Crippen LogP contribution in [0.25, 0.3) is 0 Å². The zero-order chi connectivity index (χ0) is 21.8. The zero-order valence-corrected chi connectivity index (χ0v) is 16.0. The highest BCUT2D eigenvalue weighted by Gasteiger charge is 2.44. The van der Waals surface area contributed by atoms with Crippen LogP contribution in [0.4, 0.5) is 0 Å². The Morgan fingerprint density at radius 2 is 1.67 bits per heavy atom. The Bertz CT molecular complexity index is 865. The van der Waals surface area contributed by atoms with Crippen molar-refractivity contribution in [2.75, 3.05) is 6.61 Å². The van der Waals surface area contributed by atoms with Gasteiger partial charge >= 0.3 is 0 Å². The molecule has 9 heteroatoms. The van der Waals surface area contributed by atoms with Gasteiger partial charge in [0, 0.05) is 12.5 Å². The summed E-state index contributed by atoms with van der Waals surface area (Å²) < 4.78 is 10.8. The lowest BCUT2D eigenvalue weighted by Crippen LogP contribution is -2.60. The number of aromatic hydroxyl groups is 2. The minimum absolute atomic E-state index is 0.126. The second-order valence-corrected chi connectivity index (χ2v) is 7.08. The number of phenols is 2. The van der Waals surface area contributed by atoms with Crippen molar-refractivity contribution in [3.8, 4) is 17.2 Å². The number of aliphatic hydroxyl groups is 4. The lowest BCUT2D eigenvalue weighted by Gasteiger charge is -2.39. The fraction of sp³-hybridized carbons (Fsp3) is 0.381. The third kappa shape index (κ3) is 4.89. The minimum Gasteiger partial charge on any atom is -0.508 e. The first kappa shape index (κ1) is 22.0. The second kappa shape index (κ2) is 9.41. The van der Waals surface area contributed by atoms with Gasteiger partial charge in [0.2, 0.25) is 6.29 Å². The molecule has 2 aromatic rings. The lowest BCUT2D eigenvalue weighted by molar-refractivity contribution is -0.277. The van der Waals surface area contributed by atoms with Gasteiger partial charge in [0.15, 0.2) is 5.78 Å². The average Bonchev–Trinajstić information content (AvgIpc) is 2.73. The van der Waals surface area contributed by atoms with Gasteiger partial charge in [-0.3, -0.25) is 4.79 Å². The van der Waals surface area contributed by atoms with E-state index in [-0.39, 0.29) is 29.3 Å². The molecule has 30 heavy (non-hydrogen) atoms. The predicted octanol–water partition coefficient (Wildman–Crippen LogP) is 0.0920. The maximum atomic E-state index is 12.3. The number of hydrogen-bond donors (Lipinski definition) is 6. The van der Waals surface area contributed by atoms with E-state index in [0.717, 1.165) is 11.6 Å². The van der Waals surface area contributed by atoms with E-state index in [9.17, 15) is 35.4 Å². The van der Waals surface area contributed by atoms with Crippen LogP contribution in [0.15, 0.2) is 42.5 Å². The summed E-state index contributed by atoms with van der Waals surface area (Å²) in [4.78, 5) is 12.3. The van der Waals surface area contributed by atoms with E-state index in [0.29, 0.717) is 12.2 Å². The first-order chi connectivity index (χ1) is 14.3. The highest BCUT2D eigenvalue weighted by molar-refractivity contribution is 5.98. The fourth-order valence-electron chi connectivity index (χ4n) is 3.18. The molecule has 0 bridgehead atoms. The van der Waals surface area contributed by atoms with Crippen LogP contribution in [0.5, 0.6) is 17.2 Å².